The summed E-state index contributed by atoms with van der Waals surface area (Å²) in [6.45, 7) is 6.46. The van der Waals surface area contributed by atoms with Crippen molar-refractivity contribution in [3.05, 3.63) is 33.3 Å². The minimum atomic E-state index is 0.615. The van der Waals surface area contributed by atoms with Crippen molar-refractivity contribution in [2.75, 3.05) is 13.1 Å². The van der Waals surface area contributed by atoms with Crippen LogP contribution in [0.4, 0.5) is 0 Å². The summed E-state index contributed by atoms with van der Waals surface area (Å²) in [5, 5.41) is 14.9. The molecule has 1 N–H and O–H groups in total. The Bertz CT molecular complexity index is 564. The van der Waals surface area contributed by atoms with Crippen LogP contribution in [0.5, 0.6) is 0 Å². The van der Waals surface area contributed by atoms with Crippen LogP contribution in [0.15, 0.2) is 18.2 Å². The van der Waals surface area contributed by atoms with Gasteiger partial charge in [0.25, 0.3) is 0 Å². The van der Waals surface area contributed by atoms with Crippen LogP contribution >= 0.6 is 34.5 Å². The zero-order valence-electron chi connectivity index (χ0n) is 12.2. The number of aromatic nitrogens is 2. The maximum atomic E-state index is 6.19. The normalized spacial score (nSPS) is 11.3. The second-order valence-corrected chi connectivity index (χ2v) is 7.18. The molecule has 1 aromatic heterocycles. The number of rotatable bonds is 7. The van der Waals surface area contributed by atoms with Crippen molar-refractivity contribution in [3.8, 4) is 10.6 Å². The molecule has 0 aliphatic carbocycles. The molecule has 0 bridgehead atoms. The topological polar surface area (TPSA) is 37.8 Å². The summed E-state index contributed by atoms with van der Waals surface area (Å²) in [6.07, 6.45) is 1.97. The van der Waals surface area contributed by atoms with E-state index in [1.807, 2.05) is 18.2 Å². The fourth-order valence-electron chi connectivity index (χ4n) is 1.91. The maximum Gasteiger partial charge on any atom is 0.150 e. The van der Waals surface area contributed by atoms with Crippen molar-refractivity contribution in [3.63, 3.8) is 0 Å². The second kappa shape index (κ2) is 8.08. The van der Waals surface area contributed by atoms with Gasteiger partial charge in [-0.25, -0.2) is 0 Å². The lowest BCUT2D eigenvalue weighted by Crippen LogP contribution is -2.21. The molecule has 0 aliphatic rings. The zero-order valence-corrected chi connectivity index (χ0v) is 14.5. The molecule has 1 aromatic carbocycles. The highest BCUT2D eigenvalue weighted by Gasteiger charge is 2.13. The molecule has 21 heavy (non-hydrogen) atoms. The Hall–Kier alpha value is -0.680. The van der Waals surface area contributed by atoms with Crippen molar-refractivity contribution in [1.82, 2.24) is 15.5 Å². The molecule has 2 aromatic rings. The number of benzene rings is 1. The average Bonchev–Trinajstić information content (AvgIpc) is 2.86. The van der Waals surface area contributed by atoms with Crippen LogP contribution in [0, 0.1) is 5.92 Å². The fourth-order valence-corrected chi connectivity index (χ4v) is 3.56. The molecule has 0 aliphatic heterocycles. The maximum absolute atomic E-state index is 6.19. The molecule has 0 saturated heterocycles. The van der Waals surface area contributed by atoms with E-state index in [1.54, 1.807) is 11.3 Å². The van der Waals surface area contributed by atoms with Gasteiger partial charge in [0.1, 0.15) is 5.01 Å². The van der Waals surface area contributed by atoms with Gasteiger partial charge in [-0.2, -0.15) is 0 Å². The largest absolute Gasteiger partial charge is 0.316 e. The molecule has 0 spiro atoms. The number of aryl methyl sites for hydroxylation is 1. The zero-order chi connectivity index (χ0) is 15.2. The van der Waals surface area contributed by atoms with E-state index >= 15 is 0 Å². The molecular weight excluding hydrogens is 325 g/mol. The van der Waals surface area contributed by atoms with Crippen LogP contribution in [0.1, 0.15) is 25.3 Å². The van der Waals surface area contributed by atoms with Gasteiger partial charge in [-0.05, 0) is 37.6 Å². The highest BCUT2D eigenvalue weighted by Crippen LogP contribution is 2.36. The van der Waals surface area contributed by atoms with Crippen LogP contribution in [-0.2, 0) is 6.42 Å². The molecule has 0 unspecified atom stereocenters. The highest BCUT2D eigenvalue weighted by molar-refractivity contribution is 7.14. The SMILES string of the molecule is CC(C)CNCCCc1nnc(-c2c(Cl)cccc2Cl)s1. The lowest BCUT2D eigenvalue weighted by Gasteiger charge is -2.05. The number of nitrogens with one attached hydrogen (secondary N) is 1. The molecular formula is C15H19Cl2N3S. The Balaban J connectivity index is 1.93. The van der Waals surface area contributed by atoms with Gasteiger partial charge in [-0.15, -0.1) is 10.2 Å². The third kappa shape index (κ3) is 4.92. The molecule has 0 radical (unpaired) electrons. The first-order valence-corrected chi connectivity index (χ1v) is 8.62. The first-order chi connectivity index (χ1) is 10.1. The van der Waals surface area contributed by atoms with Gasteiger partial charge in [-0.3, -0.25) is 0 Å². The molecule has 0 saturated carbocycles. The molecule has 1 heterocycles. The second-order valence-electron chi connectivity index (χ2n) is 5.30. The van der Waals surface area contributed by atoms with Crippen molar-refractivity contribution >= 4 is 34.5 Å². The Morgan fingerprint density at radius 3 is 2.57 bits per heavy atom. The number of halogens is 2. The standard InChI is InChI=1S/C15H19Cl2N3S/c1-10(2)9-18-8-4-7-13-19-20-15(21-13)14-11(16)5-3-6-12(14)17/h3,5-6,10,18H,4,7-9H2,1-2H3. The van der Waals surface area contributed by atoms with Gasteiger partial charge in [-0.1, -0.05) is 54.5 Å². The van der Waals surface area contributed by atoms with E-state index < -0.39 is 0 Å². The highest BCUT2D eigenvalue weighted by atomic mass is 35.5. The van der Waals surface area contributed by atoms with Crippen LogP contribution < -0.4 is 5.32 Å². The molecule has 0 atom stereocenters. The van der Waals surface area contributed by atoms with Crippen LogP contribution in [-0.4, -0.2) is 23.3 Å². The molecule has 3 nitrogen and oxygen atoms in total. The van der Waals surface area contributed by atoms with Gasteiger partial charge >= 0.3 is 0 Å². The summed E-state index contributed by atoms with van der Waals surface area (Å²) in [5.41, 5.74) is 0.780. The molecule has 114 valence electrons. The van der Waals surface area contributed by atoms with E-state index in [0.717, 1.165) is 41.5 Å². The van der Waals surface area contributed by atoms with Crippen molar-refractivity contribution in [2.24, 2.45) is 5.92 Å². The number of nitrogens with zero attached hydrogens (tertiary/aromatic N) is 2. The minimum Gasteiger partial charge on any atom is -0.316 e. The van der Waals surface area contributed by atoms with Crippen molar-refractivity contribution in [1.29, 1.82) is 0 Å². The van der Waals surface area contributed by atoms with E-state index in [1.165, 1.54) is 0 Å². The number of hydrogen-bond donors (Lipinski definition) is 1. The summed E-state index contributed by atoms with van der Waals surface area (Å²) >= 11 is 13.9. The van der Waals surface area contributed by atoms with E-state index in [2.05, 4.69) is 29.4 Å². The molecule has 0 amide bonds. The van der Waals surface area contributed by atoms with Gasteiger partial charge in [0.05, 0.1) is 10.0 Å². The van der Waals surface area contributed by atoms with Crippen LogP contribution in [0.2, 0.25) is 10.0 Å². The number of hydrogen-bond acceptors (Lipinski definition) is 4. The summed E-state index contributed by atoms with van der Waals surface area (Å²) in [5.74, 6) is 0.681. The summed E-state index contributed by atoms with van der Waals surface area (Å²) in [6, 6.07) is 5.47. The monoisotopic (exact) mass is 343 g/mol. The Labute approximate surface area is 139 Å². The summed E-state index contributed by atoms with van der Waals surface area (Å²) < 4.78 is 0. The predicted molar refractivity (Wildman–Crippen MR) is 91.4 cm³/mol. The van der Waals surface area contributed by atoms with Gasteiger partial charge in [0, 0.05) is 12.0 Å². The lowest BCUT2D eigenvalue weighted by molar-refractivity contribution is 0.542. The Kier molecular flexibility index (Phi) is 6.42. The lowest BCUT2D eigenvalue weighted by atomic mass is 10.2. The van der Waals surface area contributed by atoms with Crippen LogP contribution in [0.3, 0.4) is 0 Å². The van der Waals surface area contributed by atoms with Crippen LogP contribution in [0.25, 0.3) is 10.6 Å². The molecule has 2 rings (SSSR count). The van der Waals surface area contributed by atoms with E-state index in [4.69, 9.17) is 23.2 Å². The van der Waals surface area contributed by atoms with Crippen molar-refractivity contribution < 1.29 is 0 Å². The van der Waals surface area contributed by atoms with Crippen molar-refractivity contribution in [2.45, 2.75) is 26.7 Å². The molecule has 6 heteroatoms. The fraction of sp³-hybridized carbons (Fsp3) is 0.467. The van der Waals surface area contributed by atoms with Gasteiger partial charge in [0.2, 0.25) is 0 Å². The van der Waals surface area contributed by atoms with Gasteiger partial charge in [0.15, 0.2) is 5.01 Å². The Morgan fingerprint density at radius 1 is 1.19 bits per heavy atom. The smallest absolute Gasteiger partial charge is 0.150 e. The summed E-state index contributed by atoms with van der Waals surface area (Å²) in [4.78, 5) is 0. The quantitative estimate of drug-likeness (QED) is 0.741. The average molecular weight is 344 g/mol. The summed E-state index contributed by atoms with van der Waals surface area (Å²) in [7, 11) is 0. The predicted octanol–water partition coefficient (Wildman–Crippen LogP) is 4.69. The van der Waals surface area contributed by atoms with Gasteiger partial charge < -0.3 is 5.32 Å². The van der Waals surface area contributed by atoms with E-state index in [0.29, 0.717) is 16.0 Å². The van der Waals surface area contributed by atoms with E-state index in [-0.39, 0.29) is 0 Å². The minimum absolute atomic E-state index is 0.615. The Morgan fingerprint density at radius 2 is 1.90 bits per heavy atom. The third-order valence-electron chi connectivity index (χ3n) is 2.94. The first kappa shape index (κ1) is 16.7. The third-order valence-corrected chi connectivity index (χ3v) is 4.57. The first-order valence-electron chi connectivity index (χ1n) is 7.05. The molecule has 0 fully saturated rings. The van der Waals surface area contributed by atoms with E-state index in [9.17, 15) is 0 Å².